The molecule has 0 spiro atoms. The first-order chi connectivity index (χ1) is 29.6. The standard InChI is InChI=1S/C57H51N3O2/c1-55(2,3)38-30-42(49-44(31-38)45-32-39(56(4,5)6)33-47(51(45)62-49)57(7,8)9)37-28-43-41-27-19-26-40(34-20-13-10-14-21-34)48(41)61-50(43)46(29-37)54-59-52(35-22-15-11-16-23-35)58-53(60-54)36-24-17-12-18-25-36/h10-33H,1-9H3. The highest BCUT2D eigenvalue weighted by molar-refractivity contribution is 6.16. The molecular formula is C57H51N3O2. The van der Waals surface area contributed by atoms with Gasteiger partial charge in [-0.05, 0) is 68.8 Å². The minimum atomic E-state index is -0.149. The second-order valence-electron chi connectivity index (χ2n) is 19.7. The van der Waals surface area contributed by atoms with Crippen molar-refractivity contribution in [1.82, 2.24) is 15.0 Å². The lowest BCUT2D eigenvalue weighted by atomic mass is 9.79. The zero-order valence-electron chi connectivity index (χ0n) is 37.0. The van der Waals surface area contributed by atoms with Crippen LogP contribution in [0.5, 0.6) is 0 Å². The number of hydrogen-bond acceptors (Lipinski definition) is 5. The quantitative estimate of drug-likeness (QED) is 0.173. The predicted molar refractivity (Wildman–Crippen MR) is 258 cm³/mol. The van der Waals surface area contributed by atoms with Crippen LogP contribution in [0.25, 0.3) is 100 Å². The highest BCUT2D eigenvalue weighted by Crippen LogP contribution is 2.47. The van der Waals surface area contributed by atoms with Crippen molar-refractivity contribution in [3.8, 4) is 56.4 Å². The fourth-order valence-corrected chi connectivity index (χ4v) is 8.61. The Morgan fingerprint density at radius 1 is 0.323 bits per heavy atom. The summed E-state index contributed by atoms with van der Waals surface area (Å²) in [5.74, 6) is 1.71. The van der Waals surface area contributed by atoms with Gasteiger partial charge in [-0.15, -0.1) is 0 Å². The summed E-state index contributed by atoms with van der Waals surface area (Å²) in [4.78, 5) is 15.6. The van der Waals surface area contributed by atoms with Crippen molar-refractivity contribution in [3.63, 3.8) is 0 Å². The van der Waals surface area contributed by atoms with Gasteiger partial charge in [-0.3, -0.25) is 0 Å². The van der Waals surface area contributed by atoms with Crippen LogP contribution < -0.4 is 0 Å². The van der Waals surface area contributed by atoms with Gasteiger partial charge in [0.25, 0.3) is 0 Å². The lowest BCUT2D eigenvalue weighted by Gasteiger charge is -2.25. The average Bonchev–Trinajstić information content (AvgIpc) is 3.84. The summed E-state index contributed by atoms with van der Waals surface area (Å²) in [6.45, 7) is 20.5. The zero-order chi connectivity index (χ0) is 43.1. The smallest absolute Gasteiger partial charge is 0.167 e. The highest BCUT2D eigenvalue weighted by Gasteiger charge is 2.29. The lowest BCUT2D eigenvalue weighted by molar-refractivity contribution is 0.559. The maximum Gasteiger partial charge on any atom is 0.167 e. The molecule has 3 heterocycles. The van der Waals surface area contributed by atoms with Crippen molar-refractivity contribution < 1.29 is 8.83 Å². The highest BCUT2D eigenvalue weighted by atomic mass is 16.3. The molecule has 0 saturated heterocycles. The number of fused-ring (bicyclic) bond motifs is 6. The van der Waals surface area contributed by atoms with E-state index in [1.807, 2.05) is 66.7 Å². The normalized spacial score (nSPS) is 12.6. The first-order valence-electron chi connectivity index (χ1n) is 21.6. The molecule has 5 heteroatoms. The summed E-state index contributed by atoms with van der Waals surface area (Å²) in [5.41, 5.74) is 13.4. The van der Waals surface area contributed by atoms with Crippen molar-refractivity contribution in [2.45, 2.75) is 78.6 Å². The third-order valence-corrected chi connectivity index (χ3v) is 12.1. The summed E-state index contributed by atoms with van der Waals surface area (Å²) in [5, 5.41) is 4.25. The molecule has 0 bridgehead atoms. The van der Waals surface area contributed by atoms with E-state index in [0.717, 1.165) is 77.2 Å². The number of benzene rings is 7. The van der Waals surface area contributed by atoms with Gasteiger partial charge in [-0.25, -0.2) is 15.0 Å². The van der Waals surface area contributed by atoms with Crippen LogP contribution in [0.2, 0.25) is 0 Å². The number of furan rings is 2. The molecule has 0 N–H and O–H groups in total. The summed E-state index contributed by atoms with van der Waals surface area (Å²) in [6, 6.07) is 51.0. The summed E-state index contributed by atoms with van der Waals surface area (Å²) < 4.78 is 14.3. The maximum atomic E-state index is 7.22. The van der Waals surface area contributed by atoms with Crippen LogP contribution in [0, 0.1) is 0 Å². The van der Waals surface area contributed by atoms with E-state index >= 15 is 0 Å². The van der Waals surface area contributed by atoms with Crippen LogP contribution in [-0.4, -0.2) is 15.0 Å². The van der Waals surface area contributed by atoms with E-state index in [1.54, 1.807) is 0 Å². The Balaban J connectivity index is 1.34. The number of nitrogens with zero attached hydrogens (tertiary/aromatic N) is 3. The Morgan fingerprint density at radius 2 is 0.790 bits per heavy atom. The Kier molecular flexibility index (Phi) is 9.11. The molecule has 0 atom stereocenters. The minimum absolute atomic E-state index is 0.0507. The molecule has 0 fully saturated rings. The Bertz CT molecular complexity index is 3260. The van der Waals surface area contributed by atoms with Crippen molar-refractivity contribution in [2.75, 3.05) is 0 Å². The van der Waals surface area contributed by atoms with Crippen molar-refractivity contribution in [2.24, 2.45) is 0 Å². The fraction of sp³-hybridized carbons (Fsp3) is 0.211. The largest absolute Gasteiger partial charge is 0.455 e. The summed E-state index contributed by atoms with van der Waals surface area (Å²) in [7, 11) is 0. The van der Waals surface area contributed by atoms with E-state index in [1.165, 1.54) is 16.7 Å². The molecule has 10 aromatic rings. The van der Waals surface area contributed by atoms with Gasteiger partial charge in [-0.2, -0.15) is 0 Å². The average molecular weight is 810 g/mol. The third-order valence-electron chi connectivity index (χ3n) is 12.1. The zero-order valence-corrected chi connectivity index (χ0v) is 37.0. The lowest BCUT2D eigenvalue weighted by Crippen LogP contribution is -2.16. The molecule has 10 rings (SSSR count). The number of rotatable bonds is 5. The molecule has 0 amide bonds. The molecule has 0 radical (unpaired) electrons. The summed E-state index contributed by atoms with van der Waals surface area (Å²) >= 11 is 0. The van der Waals surface area contributed by atoms with E-state index < -0.39 is 0 Å². The van der Waals surface area contributed by atoms with E-state index in [-0.39, 0.29) is 16.2 Å². The van der Waals surface area contributed by atoms with Crippen LogP contribution in [0.1, 0.15) is 79.0 Å². The molecule has 0 aliphatic carbocycles. The molecule has 0 aliphatic rings. The maximum absolute atomic E-state index is 7.22. The van der Waals surface area contributed by atoms with Crippen molar-refractivity contribution in [3.05, 3.63) is 162 Å². The molecule has 0 saturated carbocycles. The van der Waals surface area contributed by atoms with E-state index in [2.05, 4.69) is 141 Å². The van der Waals surface area contributed by atoms with Crippen molar-refractivity contribution in [1.29, 1.82) is 0 Å². The second-order valence-corrected chi connectivity index (χ2v) is 19.7. The molecule has 5 nitrogen and oxygen atoms in total. The first-order valence-corrected chi connectivity index (χ1v) is 21.6. The molecule has 0 aliphatic heterocycles. The molecule has 3 aromatic heterocycles. The van der Waals surface area contributed by atoms with Gasteiger partial charge >= 0.3 is 0 Å². The van der Waals surface area contributed by atoms with Gasteiger partial charge in [0.15, 0.2) is 17.5 Å². The van der Waals surface area contributed by atoms with E-state index in [9.17, 15) is 0 Å². The van der Waals surface area contributed by atoms with Gasteiger partial charge < -0.3 is 8.83 Å². The van der Waals surface area contributed by atoms with Crippen molar-refractivity contribution >= 4 is 43.9 Å². The fourth-order valence-electron chi connectivity index (χ4n) is 8.61. The monoisotopic (exact) mass is 809 g/mol. The minimum Gasteiger partial charge on any atom is -0.455 e. The van der Waals surface area contributed by atoms with Crippen LogP contribution in [-0.2, 0) is 16.2 Å². The Hall–Kier alpha value is -6.85. The Labute approximate surface area is 363 Å². The summed E-state index contributed by atoms with van der Waals surface area (Å²) in [6.07, 6.45) is 0. The van der Waals surface area contributed by atoms with Gasteiger partial charge in [0, 0.05) is 49.4 Å². The van der Waals surface area contributed by atoms with Gasteiger partial charge in [0.1, 0.15) is 22.3 Å². The SMILES string of the molecule is CC(C)(C)c1cc(-c2cc(-c3nc(-c4ccccc4)nc(-c4ccccc4)n3)c3oc4c(-c5ccccc5)cccc4c3c2)c2oc3c(C(C)(C)C)cc(C(C)(C)C)cc3c2c1. The first kappa shape index (κ1) is 39.3. The molecule has 0 unspecified atom stereocenters. The van der Waals surface area contributed by atoms with Crippen LogP contribution in [0.4, 0.5) is 0 Å². The predicted octanol–water partition coefficient (Wildman–Crippen LogP) is 15.9. The van der Waals surface area contributed by atoms with E-state index in [0.29, 0.717) is 23.1 Å². The third kappa shape index (κ3) is 6.86. The van der Waals surface area contributed by atoms with Gasteiger partial charge in [0.2, 0.25) is 0 Å². The molecular weight excluding hydrogens is 759 g/mol. The molecule has 306 valence electrons. The van der Waals surface area contributed by atoms with Gasteiger partial charge in [0.05, 0.1) is 5.56 Å². The van der Waals surface area contributed by atoms with Crippen LogP contribution in [0.3, 0.4) is 0 Å². The number of hydrogen-bond donors (Lipinski definition) is 0. The number of aromatic nitrogens is 3. The number of para-hydroxylation sites is 1. The molecule has 62 heavy (non-hydrogen) atoms. The molecule has 7 aromatic carbocycles. The van der Waals surface area contributed by atoms with Crippen LogP contribution in [0.15, 0.2) is 154 Å². The second kappa shape index (κ2) is 14.4. The van der Waals surface area contributed by atoms with Gasteiger partial charge in [-0.1, -0.05) is 178 Å². The topological polar surface area (TPSA) is 65.0 Å². The Morgan fingerprint density at radius 3 is 1.35 bits per heavy atom. The van der Waals surface area contributed by atoms with Crippen LogP contribution >= 0.6 is 0 Å². The van der Waals surface area contributed by atoms with E-state index in [4.69, 9.17) is 23.8 Å².